The molecule has 4 amide bonds. The van der Waals surface area contributed by atoms with Crippen molar-refractivity contribution in [2.75, 3.05) is 113 Å². The number of hydrogen-bond acceptors (Lipinski definition) is 12. The summed E-state index contributed by atoms with van der Waals surface area (Å²) in [6.07, 6.45) is 1.29. The maximum Gasteiger partial charge on any atom is 0.314 e. The van der Waals surface area contributed by atoms with Gasteiger partial charge in [0.1, 0.15) is 6.79 Å². The quantitative estimate of drug-likeness (QED) is 0.0281. The van der Waals surface area contributed by atoms with E-state index in [1.807, 2.05) is 44.4 Å². The molecular weight excluding hydrogens is 1070 g/mol. The van der Waals surface area contributed by atoms with Crippen LogP contribution in [0.4, 0.5) is 9.59 Å². The first-order valence-electron chi connectivity index (χ1n) is 23.9. The molecule has 2 atom stereocenters. The molecule has 400 valence electrons. The number of unbranched alkanes of at least 4 members (excludes halogenated alkanes) is 1. The fourth-order valence-corrected chi connectivity index (χ4v) is 11.7. The van der Waals surface area contributed by atoms with E-state index in [4.69, 9.17) is 65.4 Å². The third kappa shape index (κ3) is 18.2. The largest absolute Gasteiger partial charge is 0.378 e. The molecule has 6 N–H and O–H groups in total. The topological polar surface area (TPSA) is 218 Å². The Balaban J connectivity index is 0.708. The zero-order valence-corrected chi connectivity index (χ0v) is 45.5. The number of fused-ring (bicyclic) bond motifs is 2. The van der Waals surface area contributed by atoms with Gasteiger partial charge in [-0.05, 0) is 109 Å². The number of nitrogens with zero attached hydrogens (tertiary/aromatic N) is 2. The molecule has 0 aliphatic carbocycles. The van der Waals surface area contributed by atoms with Crippen molar-refractivity contribution in [3.05, 3.63) is 126 Å². The molecule has 0 radical (unpaired) electrons. The zero-order valence-electron chi connectivity index (χ0n) is 40.8. The van der Waals surface area contributed by atoms with Gasteiger partial charge in [-0.1, -0.05) is 70.7 Å². The van der Waals surface area contributed by atoms with Crippen LogP contribution in [0, 0.1) is 0 Å². The zero-order chi connectivity index (χ0) is 52.4. The van der Waals surface area contributed by atoms with Gasteiger partial charge in [0.15, 0.2) is 0 Å². The molecule has 0 saturated heterocycles. The molecule has 18 nitrogen and oxygen atoms in total. The van der Waals surface area contributed by atoms with Crippen LogP contribution in [0.5, 0.6) is 0 Å². The summed E-state index contributed by atoms with van der Waals surface area (Å²) >= 11 is 25.6. The summed E-state index contributed by atoms with van der Waals surface area (Å²) in [5.41, 5.74) is 5.85. The first-order valence-corrected chi connectivity index (χ1v) is 28.3. The van der Waals surface area contributed by atoms with Crippen molar-refractivity contribution in [1.29, 1.82) is 0 Å². The van der Waals surface area contributed by atoms with Gasteiger partial charge in [0.05, 0.1) is 49.4 Å². The number of ether oxygens (including phenoxy) is 4. The number of rotatable bonds is 28. The number of carbonyl (C=O) groups excluding carboxylic acids is 2. The van der Waals surface area contributed by atoms with Crippen LogP contribution in [-0.2, 0) is 52.1 Å². The van der Waals surface area contributed by atoms with Gasteiger partial charge in [0.25, 0.3) is 0 Å². The first kappa shape index (κ1) is 58.4. The lowest BCUT2D eigenvalue weighted by Gasteiger charge is -2.33. The maximum absolute atomic E-state index is 13.1. The second kappa shape index (κ2) is 28.9. The molecule has 4 aromatic rings. The van der Waals surface area contributed by atoms with Crippen molar-refractivity contribution >= 4 is 78.5 Å². The molecule has 2 aliphatic heterocycles. The van der Waals surface area contributed by atoms with Crippen LogP contribution in [0.3, 0.4) is 0 Å². The smallest absolute Gasteiger partial charge is 0.314 e. The Morgan fingerprint density at radius 1 is 0.534 bits per heavy atom. The van der Waals surface area contributed by atoms with Crippen LogP contribution in [0.25, 0.3) is 0 Å². The fraction of sp³-hybridized carbons (Fsp3) is 0.469. The molecule has 24 heteroatoms. The monoisotopic (exact) mass is 1130 g/mol. The lowest BCUT2D eigenvalue weighted by molar-refractivity contribution is -0.0498. The fourth-order valence-electron chi connectivity index (χ4n) is 8.45. The van der Waals surface area contributed by atoms with Crippen molar-refractivity contribution in [3.8, 4) is 0 Å². The second-order valence-electron chi connectivity index (χ2n) is 17.6. The summed E-state index contributed by atoms with van der Waals surface area (Å²) in [6, 6.07) is 20.3. The first-order chi connectivity index (χ1) is 35.0. The van der Waals surface area contributed by atoms with Crippen molar-refractivity contribution in [1.82, 2.24) is 40.5 Å². The third-order valence-electron chi connectivity index (χ3n) is 12.0. The van der Waals surface area contributed by atoms with Gasteiger partial charge >= 0.3 is 12.1 Å². The minimum absolute atomic E-state index is 0.00745. The Hall–Kier alpha value is -3.84. The number of carbonyl (C=O) groups is 2. The van der Waals surface area contributed by atoms with Gasteiger partial charge in [-0.15, -0.1) is 0 Å². The molecular formula is C49H64Cl4N8O10S2. The highest BCUT2D eigenvalue weighted by Gasteiger charge is 2.29. The minimum atomic E-state index is -3.79. The van der Waals surface area contributed by atoms with E-state index in [0.717, 1.165) is 39.9 Å². The normalized spacial score (nSPS) is 16.1. The molecule has 0 bridgehead atoms. The second-order valence-corrected chi connectivity index (χ2v) is 22.8. The number of sulfonamides is 2. The summed E-state index contributed by atoms with van der Waals surface area (Å²) < 4.78 is 79.0. The SMILES string of the molecule is CN1Cc2c(Cl)cc(Cl)cc2[C@@H](c2ccc(S(=O)(=O)NCCOCOCCNC(=O)NCCCCNC(=O)NCCOCCOCCNS(=O)(=O)c3cccc([C@@H]4CN(C)Cc5c(Cl)cc(Cl)cc54)c3)cc2)C1. The predicted molar refractivity (Wildman–Crippen MR) is 283 cm³/mol. The lowest BCUT2D eigenvalue weighted by Crippen LogP contribution is -2.39. The van der Waals surface area contributed by atoms with Crippen molar-refractivity contribution in [2.24, 2.45) is 0 Å². The molecule has 6 rings (SSSR count). The molecule has 2 heterocycles. The standard InChI is InChI=1S/C49H64Cl4N8O10S2/c1-60-29-42(40-25-36(50)27-46(52)44(40)31-60)34-8-10-38(11-9-34)72(64,65)58-17-21-71-33-70-19-15-57-49(63)55-13-4-3-12-54-48(62)56-14-18-68-22-23-69-20-16-59-73(66,67)39-7-5-6-35(24-39)43-30-61(2)32-45-41(43)26-37(51)28-47(45)53/h5-11,24-28,42-43,58-59H,3-4,12-23,29-33H2,1-2H3,(H2,54,56,62)(H2,55,57,63)/t42-,43+/m1/s1. The van der Waals surface area contributed by atoms with Gasteiger partial charge < -0.3 is 50.0 Å². The summed E-state index contributed by atoms with van der Waals surface area (Å²) in [6.45, 7) is 5.41. The summed E-state index contributed by atoms with van der Waals surface area (Å²) in [5.74, 6) is -0.103. The number of benzene rings is 4. The van der Waals surface area contributed by atoms with Crippen molar-refractivity contribution in [2.45, 2.75) is 47.6 Å². The van der Waals surface area contributed by atoms with Crippen LogP contribution >= 0.6 is 46.4 Å². The van der Waals surface area contributed by atoms with Crippen LogP contribution < -0.4 is 30.7 Å². The summed E-state index contributed by atoms with van der Waals surface area (Å²) in [4.78, 5) is 28.8. The van der Waals surface area contributed by atoms with Gasteiger partial charge in [-0.3, -0.25) is 0 Å². The highest BCUT2D eigenvalue weighted by molar-refractivity contribution is 7.89. The predicted octanol–water partition coefficient (Wildman–Crippen LogP) is 6.11. The molecule has 2 aliphatic rings. The van der Waals surface area contributed by atoms with E-state index in [1.54, 1.807) is 42.5 Å². The van der Waals surface area contributed by atoms with E-state index in [2.05, 4.69) is 40.5 Å². The number of likely N-dealkylation sites (N-methyl/N-ethyl adjacent to an activating group) is 2. The Labute approximate surface area is 448 Å². The van der Waals surface area contributed by atoms with E-state index in [0.29, 0.717) is 65.7 Å². The average Bonchev–Trinajstić information content (AvgIpc) is 3.35. The number of urea groups is 2. The minimum Gasteiger partial charge on any atom is -0.378 e. The summed E-state index contributed by atoms with van der Waals surface area (Å²) in [7, 11) is -3.55. The highest BCUT2D eigenvalue weighted by Crippen LogP contribution is 2.40. The third-order valence-corrected chi connectivity index (χ3v) is 16.0. The number of halogens is 4. The Bertz CT molecular complexity index is 2690. The van der Waals surface area contributed by atoms with Crippen LogP contribution in [0.2, 0.25) is 20.1 Å². The van der Waals surface area contributed by atoms with Crippen LogP contribution in [0.1, 0.15) is 58.1 Å². The number of amides is 4. The Kier molecular flexibility index (Phi) is 23.1. The Morgan fingerprint density at radius 3 is 1.52 bits per heavy atom. The van der Waals surface area contributed by atoms with Crippen molar-refractivity contribution in [3.63, 3.8) is 0 Å². The molecule has 0 aromatic heterocycles. The van der Waals surface area contributed by atoms with E-state index >= 15 is 0 Å². The number of hydrogen-bond donors (Lipinski definition) is 6. The molecule has 73 heavy (non-hydrogen) atoms. The lowest BCUT2D eigenvalue weighted by atomic mass is 9.85. The summed E-state index contributed by atoms with van der Waals surface area (Å²) in [5, 5.41) is 13.2. The molecule has 4 aromatic carbocycles. The van der Waals surface area contributed by atoms with E-state index in [1.165, 1.54) is 0 Å². The molecule has 0 unspecified atom stereocenters. The van der Waals surface area contributed by atoms with Gasteiger partial charge in [0.2, 0.25) is 20.0 Å². The van der Waals surface area contributed by atoms with Crippen molar-refractivity contribution < 1.29 is 45.4 Å². The van der Waals surface area contributed by atoms with E-state index in [9.17, 15) is 26.4 Å². The van der Waals surface area contributed by atoms with Gasteiger partial charge in [-0.2, -0.15) is 0 Å². The molecule has 0 fully saturated rings. The maximum atomic E-state index is 13.1. The Morgan fingerprint density at radius 2 is 0.986 bits per heavy atom. The van der Waals surface area contributed by atoms with Crippen LogP contribution in [0.15, 0.2) is 82.6 Å². The molecule has 0 saturated carbocycles. The van der Waals surface area contributed by atoms with E-state index in [-0.39, 0.29) is 106 Å². The van der Waals surface area contributed by atoms with Gasteiger partial charge in [0, 0.05) is 97.4 Å². The highest BCUT2D eigenvalue weighted by atomic mass is 35.5. The molecule has 0 spiro atoms. The van der Waals surface area contributed by atoms with Crippen LogP contribution in [-0.4, -0.2) is 152 Å². The van der Waals surface area contributed by atoms with Gasteiger partial charge in [-0.25, -0.2) is 35.9 Å². The van der Waals surface area contributed by atoms with E-state index < -0.39 is 20.0 Å². The number of nitrogens with one attached hydrogen (secondary N) is 6. The average molecular weight is 1130 g/mol.